The van der Waals surface area contributed by atoms with E-state index in [-0.39, 0.29) is 35.2 Å². The van der Waals surface area contributed by atoms with E-state index >= 15 is 0 Å². The van der Waals surface area contributed by atoms with Crippen molar-refractivity contribution in [3.63, 3.8) is 0 Å². The highest BCUT2D eigenvalue weighted by atomic mass is 16.5. The van der Waals surface area contributed by atoms with Crippen LogP contribution >= 0.6 is 0 Å². The Morgan fingerprint density at radius 1 is 1.15 bits per heavy atom. The van der Waals surface area contributed by atoms with Crippen LogP contribution in [0.2, 0.25) is 0 Å². The molecule has 7 nitrogen and oxygen atoms in total. The van der Waals surface area contributed by atoms with Gasteiger partial charge >= 0.3 is 0 Å². The lowest BCUT2D eigenvalue weighted by molar-refractivity contribution is -0.129. The highest BCUT2D eigenvalue weighted by molar-refractivity contribution is 5.86. The quantitative estimate of drug-likeness (QED) is 0.356. The third kappa shape index (κ3) is 3.84. The lowest BCUT2D eigenvalue weighted by Gasteiger charge is -2.09. The predicted molar refractivity (Wildman–Crippen MR) is 94.2 cm³/mol. The van der Waals surface area contributed by atoms with Gasteiger partial charge < -0.3 is 14.3 Å². The number of phenolic OH excluding ortho intramolecular Hbond substituents is 1. The van der Waals surface area contributed by atoms with Crippen molar-refractivity contribution in [1.82, 2.24) is 5.48 Å². The number of amides is 1. The van der Waals surface area contributed by atoms with E-state index in [4.69, 9.17) is 14.4 Å². The summed E-state index contributed by atoms with van der Waals surface area (Å²) in [7, 11) is 0. The Morgan fingerprint density at radius 2 is 1.92 bits per heavy atom. The van der Waals surface area contributed by atoms with E-state index in [1.54, 1.807) is 5.48 Å². The van der Waals surface area contributed by atoms with Crippen LogP contribution in [0.3, 0.4) is 0 Å². The van der Waals surface area contributed by atoms with Crippen molar-refractivity contribution in [3.05, 3.63) is 58.8 Å². The molecule has 134 valence electrons. The van der Waals surface area contributed by atoms with Gasteiger partial charge in [-0.15, -0.1) is 0 Å². The van der Waals surface area contributed by atoms with E-state index in [1.165, 1.54) is 18.2 Å². The van der Waals surface area contributed by atoms with Gasteiger partial charge in [0.15, 0.2) is 5.43 Å². The number of ether oxygens (including phenoxy) is 1. The molecule has 0 spiro atoms. The van der Waals surface area contributed by atoms with Crippen LogP contribution in [0.5, 0.6) is 11.5 Å². The SMILES string of the molecule is O=C(CCCOc1cc(O)c2c(=O)cc(-c3ccccc3)oc2c1)NO. The molecule has 3 aromatic rings. The van der Waals surface area contributed by atoms with Crippen molar-refractivity contribution in [2.75, 3.05) is 6.61 Å². The Labute approximate surface area is 148 Å². The number of carbonyl (C=O) groups is 1. The first-order valence-electron chi connectivity index (χ1n) is 8.00. The first-order valence-corrected chi connectivity index (χ1v) is 8.00. The van der Waals surface area contributed by atoms with Crippen LogP contribution in [0.15, 0.2) is 57.7 Å². The third-order valence-electron chi connectivity index (χ3n) is 3.78. The highest BCUT2D eigenvalue weighted by Crippen LogP contribution is 2.31. The molecule has 3 N–H and O–H groups in total. The Bertz CT molecular complexity index is 980. The Kier molecular flexibility index (Phi) is 5.19. The summed E-state index contributed by atoms with van der Waals surface area (Å²) in [5, 5.41) is 18.7. The topological polar surface area (TPSA) is 109 Å². The second kappa shape index (κ2) is 7.71. The molecule has 0 radical (unpaired) electrons. The summed E-state index contributed by atoms with van der Waals surface area (Å²) in [4.78, 5) is 23.3. The molecule has 0 fully saturated rings. The van der Waals surface area contributed by atoms with Gasteiger partial charge in [0.25, 0.3) is 0 Å². The first-order chi connectivity index (χ1) is 12.6. The van der Waals surface area contributed by atoms with E-state index < -0.39 is 5.91 Å². The molecule has 1 amide bonds. The van der Waals surface area contributed by atoms with E-state index in [0.29, 0.717) is 17.9 Å². The summed E-state index contributed by atoms with van der Waals surface area (Å²) in [6.45, 7) is 0.195. The van der Waals surface area contributed by atoms with Crippen molar-refractivity contribution < 1.29 is 24.3 Å². The minimum Gasteiger partial charge on any atom is -0.507 e. The largest absolute Gasteiger partial charge is 0.507 e. The standard InChI is InChI=1S/C19H17NO6/c21-14-9-13(25-8-4-7-18(23)20-24)10-17-19(14)15(22)11-16(26-17)12-5-2-1-3-6-12/h1-3,5-6,9-11,21,24H,4,7-8H2,(H,20,23). The van der Waals surface area contributed by atoms with E-state index in [2.05, 4.69) is 0 Å². The Balaban J connectivity index is 1.88. The van der Waals surface area contributed by atoms with Crippen LogP contribution in [0.4, 0.5) is 0 Å². The molecule has 0 saturated carbocycles. The number of rotatable bonds is 6. The first kappa shape index (κ1) is 17.5. The number of fused-ring (bicyclic) bond motifs is 1. The molecule has 0 aliphatic heterocycles. The molecule has 26 heavy (non-hydrogen) atoms. The van der Waals surface area contributed by atoms with Gasteiger partial charge in [0.2, 0.25) is 5.91 Å². The van der Waals surface area contributed by atoms with Gasteiger partial charge in [-0.1, -0.05) is 30.3 Å². The molecule has 2 aromatic carbocycles. The second-order valence-corrected chi connectivity index (χ2v) is 5.64. The fourth-order valence-corrected chi connectivity index (χ4v) is 2.55. The zero-order valence-electron chi connectivity index (χ0n) is 13.8. The van der Waals surface area contributed by atoms with Crippen LogP contribution in [0.1, 0.15) is 12.8 Å². The summed E-state index contributed by atoms with van der Waals surface area (Å²) < 4.78 is 11.3. The maximum Gasteiger partial charge on any atom is 0.243 e. The molecule has 0 bridgehead atoms. The molecule has 0 aliphatic rings. The minimum atomic E-state index is -0.506. The minimum absolute atomic E-state index is 0.0803. The lowest BCUT2D eigenvalue weighted by Crippen LogP contribution is -2.18. The molecule has 0 saturated heterocycles. The number of phenols is 1. The lowest BCUT2D eigenvalue weighted by atomic mass is 10.1. The van der Waals surface area contributed by atoms with Crippen LogP contribution in [-0.4, -0.2) is 22.8 Å². The number of hydroxylamine groups is 1. The second-order valence-electron chi connectivity index (χ2n) is 5.64. The van der Waals surface area contributed by atoms with Crippen LogP contribution in [0.25, 0.3) is 22.3 Å². The zero-order chi connectivity index (χ0) is 18.5. The average Bonchev–Trinajstić information content (AvgIpc) is 2.65. The van der Waals surface area contributed by atoms with Crippen LogP contribution < -0.4 is 15.6 Å². The third-order valence-corrected chi connectivity index (χ3v) is 3.78. The molecule has 1 aromatic heterocycles. The van der Waals surface area contributed by atoms with Gasteiger partial charge in [0.1, 0.15) is 28.2 Å². The molecule has 3 rings (SSSR count). The van der Waals surface area contributed by atoms with Gasteiger partial charge in [-0.3, -0.25) is 14.8 Å². The number of aromatic hydroxyl groups is 1. The van der Waals surface area contributed by atoms with Gasteiger partial charge in [-0.25, -0.2) is 5.48 Å². The summed E-state index contributed by atoms with van der Waals surface area (Å²) in [6, 6.07) is 13.3. The van der Waals surface area contributed by atoms with Gasteiger partial charge in [0, 0.05) is 30.2 Å². The normalized spacial score (nSPS) is 10.7. The van der Waals surface area contributed by atoms with E-state index in [9.17, 15) is 14.7 Å². The Morgan fingerprint density at radius 3 is 2.65 bits per heavy atom. The molecular weight excluding hydrogens is 338 g/mol. The number of benzene rings is 2. The average molecular weight is 355 g/mol. The number of nitrogens with one attached hydrogen (secondary N) is 1. The fraction of sp³-hybridized carbons (Fsp3) is 0.158. The van der Waals surface area contributed by atoms with Crippen molar-refractivity contribution in [2.45, 2.75) is 12.8 Å². The monoisotopic (exact) mass is 355 g/mol. The van der Waals surface area contributed by atoms with Gasteiger partial charge in [-0.2, -0.15) is 0 Å². The van der Waals surface area contributed by atoms with Gasteiger partial charge in [0.05, 0.1) is 6.61 Å². The summed E-state index contributed by atoms with van der Waals surface area (Å²) in [5.74, 6) is -0.0422. The van der Waals surface area contributed by atoms with Crippen molar-refractivity contribution in [1.29, 1.82) is 0 Å². The number of carbonyl (C=O) groups excluding carboxylic acids is 1. The summed E-state index contributed by atoms with van der Waals surface area (Å²) in [5.41, 5.74) is 2.14. The maximum absolute atomic E-state index is 12.3. The van der Waals surface area contributed by atoms with Crippen molar-refractivity contribution >= 4 is 16.9 Å². The number of hydrogen-bond donors (Lipinski definition) is 3. The maximum atomic E-state index is 12.3. The Hall–Kier alpha value is -3.32. The van der Waals surface area contributed by atoms with Crippen LogP contribution in [0, 0.1) is 0 Å². The fourth-order valence-electron chi connectivity index (χ4n) is 2.55. The smallest absolute Gasteiger partial charge is 0.243 e. The molecule has 0 atom stereocenters. The molecule has 0 unspecified atom stereocenters. The number of hydrogen-bond acceptors (Lipinski definition) is 6. The van der Waals surface area contributed by atoms with E-state index in [1.807, 2.05) is 30.3 Å². The molecule has 7 heteroatoms. The van der Waals surface area contributed by atoms with Gasteiger partial charge in [-0.05, 0) is 6.42 Å². The molecule has 1 heterocycles. The summed E-state index contributed by atoms with van der Waals surface area (Å²) in [6.07, 6.45) is 0.475. The van der Waals surface area contributed by atoms with Crippen molar-refractivity contribution in [3.8, 4) is 22.8 Å². The highest BCUT2D eigenvalue weighted by Gasteiger charge is 2.13. The molecule has 0 aliphatic carbocycles. The summed E-state index contributed by atoms with van der Waals surface area (Å²) >= 11 is 0. The molecular formula is C19H17NO6. The van der Waals surface area contributed by atoms with E-state index in [0.717, 1.165) is 5.56 Å². The van der Waals surface area contributed by atoms with Crippen molar-refractivity contribution in [2.24, 2.45) is 0 Å². The zero-order valence-corrected chi connectivity index (χ0v) is 13.8. The predicted octanol–water partition coefficient (Wildman–Crippen LogP) is 2.83. The van der Waals surface area contributed by atoms with Crippen LogP contribution in [-0.2, 0) is 4.79 Å².